The lowest BCUT2D eigenvalue weighted by atomic mass is 9.61. The molecule has 0 radical (unpaired) electrons. The molecule has 0 aliphatic heterocycles. The van der Waals surface area contributed by atoms with Crippen LogP contribution in [0.5, 0.6) is 0 Å². The van der Waals surface area contributed by atoms with E-state index >= 15 is 0 Å². The van der Waals surface area contributed by atoms with Crippen molar-refractivity contribution in [3.05, 3.63) is 34.6 Å². The van der Waals surface area contributed by atoms with Crippen LogP contribution in [0.3, 0.4) is 0 Å². The minimum Gasteiger partial charge on any atom is -0.206 e. The number of halogens is 1. The van der Waals surface area contributed by atoms with Crippen molar-refractivity contribution >= 4 is 0 Å². The van der Waals surface area contributed by atoms with Gasteiger partial charge in [-0.1, -0.05) is 51.9 Å². The van der Waals surface area contributed by atoms with Crippen molar-refractivity contribution < 1.29 is 4.39 Å². The molecule has 0 spiro atoms. The Bertz CT molecular complexity index is 748. The Labute approximate surface area is 183 Å². The third kappa shape index (κ3) is 5.09. The van der Waals surface area contributed by atoms with Gasteiger partial charge in [-0.15, -0.1) is 0 Å². The van der Waals surface area contributed by atoms with E-state index < -0.39 is 0 Å². The Morgan fingerprint density at radius 1 is 0.867 bits per heavy atom. The third-order valence-electron chi connectivity index (χ3n) is 8.82. The molecule has 5 atom stereocenters. The van der Waals surface area contributed by atoms with Crippen LogP contribution in [-0.4, -0.2) is 0 Å². The van der Waals surface area contributed by atoms with E-state index in [4.69, 9.17) is 5.26 Å². The highest BCUT2D eigenvalue weighted by Crippen LogP contribution is 2.49. The number of rotatable bonds is 7. The van der Waals surface area contributed by atoms with E-state index in [1.807, 2.05) is 6.07 Å². The molecule has 0 amide bonds. The Morgan fingerprint density at radius 2 is 1.60 bits per heavy atom. The number of benzene rings is 1. The SMILES string of the molecule is CCCCCCCC1CCC2CC(C3CCc4cc(C#N)c(F)cc4C3)CCC2C1. The van der Waals surface area contributed by atoms with E-state index in [1.54, 1.807) is 12.1 Å². The van der Waals surface area contributed by atoms with Gasteiger partial charge in [0.25, 0.3) is 0 Å². The van der Waals surface area contributed by atoms with Crippen molar-refractivity contribution in [3.63, 3.8) is 0 Å². The van der Waals surface area contributed by atoms with Crippen molar-refractivity contribution in [2.24, 2.45) is 29.6 Å². The van der Waals surface area contributed by atoms with Crippen molar-refractivity contribution in [1.29, 1.82) is 5.26 Å². The fourth-order valence-electron chi connectivity index (χ4n) is 7.05. The van der Waals surface area contributed by atoms with Gasteiger partial charge in [-0.25, -0.2) is 4.39 Å². The first-order chi connectivity index (χ1) is 14.7. The molecule has 2 fully saturated rings. The van der Waals surface area contributed by atoms with E-state index in [1.165, 1.54) is 94.6 Å². The second-order valence-corrected chi connectivity index (χ2v) is 10.7. The molecule has 5 unspecified atom stereocenters. The summed E-state index contributed by atoms with van der Waals surface area (Å²) < 4.78 is 14.1. The average Bonchev–Trinajstić information content (AvgIpc) is 2.77. The number of hydrogen-bond acceptors (Lipinski definition) is 1. The molecule has 30 heavy (non-hydrogen) atoms. The van der Waals surface area contributed by atoms with E-state index in [0.717, 1.165) is 42.4 Å². The molecule has 4 rings (SSSR count). The van der Waals surface area contributed by atoms with Gasteiger partial charge in [-0.3, -0.25) is 0 Å². The van der Waals surface area contributed by atoms with E-state index in [-0.39, 0.29) is 11.4 Å². The molecule has 0 bridgehead atoms. The predicted octanol–water partition coefficient (Wildman–Crippen LogP) is 8.00. The zero-order chi connectivity index (χ0) is 20.9. The molecule has 2 saturated carbocycles. The van der Waals surface area contributed by atoms with Crippen molar-refractivity contribution in [1.82, 2.24) is 0 Å². The van der Waals surface area contributed by atoms with Gasteiger partial charge in [0.05, 0.1) is 5.56 Å². The number of nitrogens with zero attached hydrogens (tertiary/aromatic N) is 1. The predicted molar refractivity (Wildman–Crippen MR) is 122 cm³/mol. The van der Waals surface area contributed by atoms with Gasteiger partial charge in [0.1, 0.15) is 11.9 Å². The largest absolute Gasteiger partial charge is 0.206 e. The minimum absolute atomic E-state index is 0.217. The maximum Gasteiger partial charge on any atom is 0.141 e. The van der Waals surface area contributed by atoms with Gasteiger partial charge in [-0.2, -0.15) is 5.26 Å². The summed E-state index contributed by atoms with van der Waals surface area (Å²) in [6, 6.07) is 5.47. The van der Waals surface area contributed by atoms with Crippen molar-refractivity contribution in [2.45, 2.75) is 103 Å². The maximum absolute atomic E-state index is 14.1. The number of nitriles is 1. The minimum atomic E-state index is -0.325. The molecule has 0 aromatic heterocycles. The lowest BCUT2D eigenvalue weighted by Crippen LogP contribution is -2.35. The Hall–Kier alpha value is -1.36. The van der Waals surface area contributed by atoms with Crippen LogP contribution in [0.2, 0.25) is 0 Å². The number of fused-ring (bicyclic) bond motifs is 2. The molecular weight excluding hydrogens is 369 g/mol. The molecule has 1 nitrogen and oxygen atoms in total. The van der Waals surface area contributed by atoms with E-state index in [9.17, 15) is 4.39 Å². The summed E-state index contributed by atoms with van der Waals surface area (Å²) in [6.45, 7) is 2.30. The zero-order valence-corrected chi connectivity index (χ0v) is 19.0. The lowest BCUT2D eigenvalue weighted by molar-refractivity contribution is 0.0689. The Kier molecular flexibility index (Phi) is 7.50. The number of aryl methyl sites for hydroxylation is 1. The Morgan fingerprint density at radius 3 is 2.40 bits per heavy atom. The molecule has 1 aromatic rings. The van der Waals surface area contributed by atoms with Crippen LogP contribution >= 0.6 is 0 Å². The highest BCUT2D eigenvalue weighted by atomic mass is 19.1. The third-order valence-corrected chi connectivity index (χ3v) is 8.82. The highest BCUT2D eigenvalue weighted by Gasteiger charge is 2.38. The fourth-order valence-corrected chi connectivity index (χ4v) is 7.05. The van der Waals surface area contributed by atoms with Gasteiger partial charge in [0.2, 0.25) is 0 Å². The van der Waals surface area contributed by atoms with E-state index in [0.29, 0.717) is 0 Å². The molecule has 0 saturated heterocycles. The maximum atomic E-state index is 14.1. The first-order valence-corrected chi connectivity index (χ1v) is 12.9. The highest BCUT2D eigenvalue weighted by molar-refractivity contribution is 5.41. The molecule has 1 aromatic carbocycles. The molecule has 3 aliphatic carbocycles. The molecule has 0 heterocycles. The zero-order valence-electron chi connectivity index (χ0n) is 19.0. The lowest BCUT2D eigenvalue weighted by Gasteiger charge is -2.45. The van der Waals surface area contributed by atoms with Gasteiger partial charge >= 0.3 is 0 Å². The summed E-state index contributed by atoms with van der Waals surface area (Å²) >= 11 is 0. The molecule has 0 N–H and O–H groups in total. The van der Waals surface area contributed by atoms with E-state index in [2.05, 4.69) is 6.92 Å². The molecule has 164 valence electrons. The summed E-state index contributed by atoms with van der Waals surface area (Å²) in [7, 11) is 0. The van der Waals surface area contributed by atoms with Crippen molar-refractivity contribution in [2.75, 3.05) is 0 Å². The summed E-state index contributed by atoms with van der Waals surface area (Å²) in [4.78, 5) is 0. The summed E-state index contributed by atoms with van der Waals surface area (Å²) in [5, 5.41) is 9.10. The molecular formula is C28H40FN. The summed E-state index contributed by atoms with van der Waals surface area (Å²) in [5.74, 6) is 4.18. The van der Waals surface area contributed by atoms with Gasteiger partial charge < -0.3 is 0 Å². The monoisotopic (exact) mass is 409 g/mol. The molecule has 2 heteroatoms. The summed E-state index contributed by atoms with van der Waals surface area (Å²) in [5.41, 5.74) is 2.61. The van der Waals surface area contributed by atoms with Crippen molar-refractivity contribution in [3.8, 4) is 6.07 Å². The second-order valence-electron chi connectivity index (χ2n) is 10.7. The van der Waals surface area contributed by atoms with Gasteiger partial charge in [0.15, 0.2) is 0 Å². The standard InChI is InChI=1S/C28H40FN/c1-2-3-4-5-6-7-20-8-9-22-15-23(11-10-21(22)14-20)24-12-13-25-17-27(19-30)28(29)18-26(25)16-24/h17-18,20-24H,2-16H2,1H3. The first kappa shape index (κ1) is 21.9. The average molecular weight is 410 g/mol. The van der Waals surface area contributed by atoms with Crippen LogP contribution in [0.4, 0.5) is 4.39 Å². The van der Waals surface area contributed by atoms with Crippen LogP contribution in [0, 0.1) is 46.7 Å². The van der Waals surface area contributed by atoms with Gasteiger partial charge in [-0.05, 0) is 104 Å². The number of hydrogen-bond donors (Lipinski definition) is 0. The summed E-state index contributed by atoms with van der Waals surface area (Å²) in [6.07, 6.45) is 20.5. The smallest absolute Gasteiger partial charge is 0.141 e. The van der Waals surface area contributed by atoms with Crippen LogP contribution in [0.1, 0.15) is 107 Å². The Balaban J connectivity index is 1.27. The van der Waals surface area contributed by atoms with Crippen LogP contribution in [0.25, 0.3) is 0 Å². The number of unbranched alkanes of at least 4 members (excludes halogenated alkanes) is 4. The quantitative estimate of drug-likeness (QED) is 0.419. The van der Waals surface area contributed by atoms with Crippen LogP contribution < -0.4 is 0 Å². The van der Waals surface area contributed by atoms with Crippen LogP contribution in [-0.2, 0) is 12.8 Å². The van der Waals surface area contributed by atoms with Gasteiger partial charge in [0, 0.05) is 0 Å². The topological polar surface area (TPSA) is 23.8 Å². The first-order valence-electron chi connectivity index (χ1n) is 12.9. The van der Waals surface area contributed by atoms with Crippen LogP contribution in [0.15, 0.2) is 12.1 Å². The normalized spacial score (nSPS) is 30.9. The molecule has 3 aliphatic rings. The fraction of sp³-hybridized carbons (Fsp3) is 0.750. The second kappa shape index (κ2) is 10.3.